The van der Waals surface area contributed by atoms with Crippen LogP contribution in [0.4, 0.5) is 0 Å². The number of halogens is 1. The van der Waals surface area contributed by atoms with Crippen LogP contribution >= 0.6 is 11.6 Å². The Morgan fingerprint density at radius 3 is 2.45 bits per heavy atom. The average Bonchev–Trinajstić information content (AvgIpc) is 3.05. The van der Waals surface area contributed by atoms with Crippen LogP contribution in [0.2, 0.25) is 5.02 Å². The van der Waals surface area contributed by atoms with E-state index in [1.807, 2.05) is 13.8 Å². The number of hydrogen-bond acceptors (Lipinski definition) is 7. The molecule has 174 valence electrons. The summed E-state index contributed by atoms with van der Waals surface area (Å²) in [6.45, 7) is 3.10. The predicted molar refractivity (Wildman–Crippen MR) is 116 cm³/mol. The molecule has 0 bridgehead atoms. The number of carbonyl (C=O) groups excluding carboxylic acids is 2. The van der Waals surface area contributed by atoms with Crippen LogP contribution in [0, 0.1) is 0 Å². The molecule has 1 aromatic carbocycles. The summed E-state index contributed by atoms with van der Waals surface area (Å²) in [4.78, 5) is 26.5. The number of benzene rings is 1. The quantitative estimate of drug-likeness (QED) is 0.503. The van der Waals surface area contributed by atoms with Crippen molar-refractivity contribution in [1.82, 2.24) is 9.21 Å². The summed E-state index contributed by atoms with van der Waals surface area (Å²) < 4.78 is 54.5. The van der Waals surface area contributed by atoms with Crippen molar-refractivity contribution in [2.45, 2.75) is 43.7 Å². The van der Waals surface area contributed by atoms with E-state index in [0.717, 1.165) is 10.4 Å². The minimum absolute atomic E-state index is 0.0194. The van der Waals surface area contributed by atoms with Crippen LogP contribution in [0.1, 0.15) is 37.0 Å². The molecule has 1 saturated heterocycles. The molecule has 0 N–H and O–H groups in total. The van der Waals surface area contributed by atoms with Crippen molar-refractivity contribution in [3.05, 3.63) is 28.8 Å². The SMILES string of the molecule is CCC(C)N(C(=O)COC(=O)c1ccc(Cl)c(S(=O)(=O)N(C)C)c1)C1CCS(=O)(=O)C1. The van der Waals surface area contributed by atoms with Crippen LogP contribution in [0.5, 0.6) is 0 Å². The van der Waals surface area contributed by atoms with E-state index < -0.39 is 44.4 Å². The molecule has 0 saturated carbocycles. The van der Waals surface area contributed by atoms with Crippen molar-refractivity contribution in [2.75, 3.05) is 32.2 Å². The van der Waals surface area contributed by atoms with Gasteiger partial charge in [0.2, 0.25) is 10.0 Å². The Morgan fingerprint density at radius 2 is 1.94 bits per heavy atom. The van der Waals surface area contributed by atoms with Gasteiger partial charge in [0.1, 0.15) is 4.90 Å². The van der Waals surface area contributed by atoms with Crippen LogP contribution in [0.15, 0.2) is 23.1 Å². The summed E-state index contributed by atoms with van der Waals surface area (Å²) in [5.41, 5.74) is -0.0730. The Morgan fingerprint density at radius 1 is 1.29 bits per heavy atom. The number of sulfonamides is 1. The highest BCUT2D eigenvalue weighted by Crippen LogP contribution is 2.25. The standard InChI is InChI=1S/C19H27ClN2O7S2/c1-5-13(2)22(15-8-9-30(25,26)12-15)18(23)11-29-19(24)14-6-7-16(20)17(10-14)31(27,28)21(3)4/h6-7,10,13,15H,5,8-9,11-12H2,1-4H3. The zero-order chi connectivity index (χ0) is 23.6. The van der Waals surface area contributed by atoms with Crippen molar-refractivity contribution < 1.29 is 31.2 Å². The molecule has 2 unspecified atom stereocenters. The minimum Gasteiger partial charge on any atom is -0.452 e. The molecular formula is C19H27ClN2O7S2. The Labute approximate surface area is 188 Å². The van der Waals surface area contributed by atoms with Crippen molar-refractivity contribution >= 4 is 43.3 Å². The zero-order valence-corrected chi connectivity index (χ0v) is 20.3. The second kappa shape index (κ2) is 9.85. The maximum absolute atomic E-state index is 12.8. The molecule has 1 fully saturated rings. The number of esters is 1. The van der Waals surface area contributed by atoms with Gasteiger partial charge in [-0.3, -0.25) is 4.79 Å². The van der Waals surface area contributed by atoms with Crippen molar-refractivity contribution in [3.8, 4) is 0 Å². The molecule has 9 nitrogen and oxygen atoms in total. The molecule has 0 radical (unpaired) electrons. The fourth-order valence-electron chi connectivity index (χ4n) is 3.31. The van der Waals surface area contributed by atoms with Gasteiger partial charge in [-0.15, -0.1) is 0 Å². The average molecular weight is 495 g/mol. The number of ether oxygens (including phenoxy) is 1. The third kappa shape index (κ3) is 5.97. The van der Waals surface area contributed by atoms with Gasteiger partial charge in [0.25, 0.3) is 5.91 Å². The number of amides is 1. The van der Waals surface area contributed by atoms with Gasteiger partial charge in [-0.2, -0.15) is 0 Å². The summed E-state index contributed by atoms with van der Waals surface area (Å²) in [5.74, 6) is -1.48. The first kappa shape index (κ1) is 25.6. The number of hydrogen-bond donors (Lipinski definition) is 0. The molecular weight excluding hydrogens is 468 g/mol. The highest BCUT2D eigenvalue weighted by Gasteiger charge is 2.36. The molecule has 31 heavy (non-hydrogen) atoms. The highest BCUT2D eigenvalue weighted by atomic mass is 35.5. The lowest BCUT2D eigenvalue weighted by molar-refractivity contribution is -0.138. The summed E-state index contributed by atoms with van der Waals surface area (Å²) in [6.07, 6.45) is 0.953. The molecule has 1 aromatic rings. The second-order valence-corrected chi connectivity index (χ2v) is 12.4. The number of carbonyl (C=O) groups is 2. The Kier molecular flexibility index (Phi) is 8.12. The summed E-state index contributed by atoms with van der Waals surface area (Å²) in [6, 6.07) is 2.99. The van der Waals surface area contributed by atoms with E-state index in [1.54, 1.807) is 0 Å². The molecule has 1 amide bonds. The van der Waals surface area contributed by atoms with Gasteiger partial charge in [-0.1, -0.05) is 18.5 Å². The Hall–Kier alpha value is -1.69. The summed E-state index contributed by atoms with van der Waals surface area (Å²) in [7, 11) is -4.41. The van der Waals surface area contributed by atoms with Gasteiger partial charge in [-0.05, 0) is 38.0 Å². The molecule has 0 aliphatic carbocycles. The van der Waals surface area contributed by atoms with Gasteiger partial charge in [0.05, 0.1) is 22.1 Å². The lowest BCUT2D eigenvalue weighted by Crippen LogP contribution is -2.48. The minimum atomic E-state index is -3.88. The van der Waals surface area contributed by atoms with Gasteiger partial charge in [0, 0.05) is 26.2 Å². The van der Waals surface area contributed by atoms with Gasteiger partial charge < -0.3 is 9.64 Å². The lowest BCUT2D eigenvalue weighted by atomic mass is 10.1. The highest BCUT2D eigenvalue weighted by molar-refractivity contribution is 7.91. The van der Waals surface area contributed by atoms with E-state index in [4.69, 9.17) is 16.3 Å². The van der Waals surface area contributed by atoms with Crippen LogP contribution in [0.25, 0.3) is 0 Å². The van der Waals surface area contributed by atoms with Crippen LogP contribution in [0.3, 0.4) is 0 Å². The third-order valence-corrected chi connectivity index (χ3v) is 9.25. The Bertz CT molecular complexity index is 1060. The normalized spacial score (nSPS) is 19.2. The van der Waals surface area contributed by atoms with E-state index in [0.29, 0.717) is 12.8 Å². The maximum atomic E-state index is 12.8. The van der Waals surface area contributed by atoms with Gasteiger partial charge >= 0.3 is 5.97 Å². The summed E-state index contributed by atoms with van der Waals surface area (Å²) in [5, 5.41) is -0.0493. The van der Waals surface area contributed by atoms with E-state index in [1.165, 1.54) is 31.1 Å². The fourth-order valence-corrected chi connectivity index (χ4v) is 6.42. The van der Waals surface area contributed by atoms with Crippen molar-refractivity contribution in [2.24, 2.45) is 0 Å². The van der Waals surface area contributed by atoms with Crippen LogP contribution in [-0.2, 0) is 29.4 Å². The lowest BCUT2D eigenvalue weighted by Gasteiger charge is -2.33. The molecule has 0 aromatic heterocycles. The van der Waals surface area contributed by atoms with Gasteiger partial charge in [-0.25, -0.2) is 25.9 Å². The first-order valence-corrected chi connectivity index (χ1v) is 13.3. The third-order valence-electron chi connectivity index (χ3n) is 5.21. The van der Waals surface area contributed by atoms with Crippen molar-refractivity contribution in [1.29, 1.82) is 0 Å². The molecule has 1 aliphatic rings. The first-order chi connectivity index (χ1) is 14.3. The zero-order valence-electron chi connectivity index (χ0n) is 17.9. The summed E-state index contributed by atoms with van der Waals surface area (Å²) >= 11 is 5.98. The smallest absolute Gasteiger partial charge is 0.338 e. The van der Waals surface area contributed by atoms with E-state index >= 15 is 0 Å². The van der Waals surface area contributed by atoms with Crippen molar-refractivity contribution in [3.63, 3.8) is 0 Å². The molecule has 1 aliphatic heterocycles. The van der Waals surface area contributed by atoms with Gasteiger partial charge in [0.15, 0.2) is 16.4 Å². The van der Waals surface area contributed by atoms with E-state index in [-0.39, 0.29) is 33.0 Å². The second-order valence-electron chi connectivity index (χ2n) is 7.62. The van der Waals surface area contributed by atoms with Crippen LogP contribution in [-0.4, -0.2) is 82.2 Å². The largest absolute Gasteiger partial charge is 0.452 e. The molecule has 1 heterocycles. The molecule has 2 rings (SSSR count). The topological polar surface area (TPSA) is 118 Å². The van der Waals surface area contributed by atoms with E-state index in [9.17, 15) is 26.4 Å². The number of sulfone groups is 1. The maximum Gasteiger partial charge on any atom is 0.338 e. The number of nitrogens with zero attached hydrogens (tertiary/aromatic N) is 2. The predicted octanol–water partition coefficient (Wildman–Crippen LogP) is 1.56. The molecule has 12 heteroatoms. The molecule has 0 spiro atoms. The monoisotopic (exact) mass is 494 g/mol. The first-order valence-electron chi connectivity index (χ1n) is 9.71. The Balaban J connectivity index is 2.16. The molecule has 2 atom stereocenters. The number of rotatable bonds is 8. The van der Waals surface area contributed by atoms with E-state index in [2.05, 4.69) is 0 Å². The fraction of sp³-hybridized carbons (Fsp3) is 0.579. The van der Waals surface area contributed by atoms with Crippen LogP contribution < -0.4 is 0 Å².